The zero-order valence-corrected chi connectivity index (χ0v) is 13.5. The Kier molecular flexibility index (Phi) is 4.01. The average Bonchev–Trinajstić information content (AvgIpc) is 3.12. The second-order valence-electron chi connectivity index (χ2n) is 5.97. The second-order valence-corrected chi connectivity index (χ2v) is 5.97. The Bertz CT molecular complexity index is 675. The summed E-state index contributed by atoms with van der Waals surface area (Å²) in [6, 6.07) is 6.25. The van der Waals surface area contributed by atoms with Gasteiger partial charge >= 0.3 is 0 Å². The number of carbonyl (C=O) groups is 1. The predicted molar refractivity (Wildman–Crippen MR) is 86.8 cm³/mol. The van der Waals surface area contributed by atoms with Crippen molar-refractivity contribution in [3.05, 3.63) is 53.1 Å². The molecule has 1 aliphatic heterocycles. The molecule has 0 spiro atoms. The number of pyridine rings is 1. The van der Waals surface area contributed by atoms with Gasteiger partial charge in [0.1, 0.15) is 0 Å². The van der Waals surface area contributed by atoms with Crippen LogP contribution in [-0.4, -0.2) is 26.9 Å². The first kappa shape index (κ1) is 14.8. The number of nitrogens with zero attached hydrogens (tertiary/aromatic N) is 3. The summed E-state index contributed by atoms with van der Waals surface area (Å²) in [5.41, 5.74) is 4.26. The first-order valence-corrected chi connectivity index (χ1v) is 8.01. The molecule has 2 aromatic heterocycles. The molecule has 1 saturated heterocycles. The summed E-state index contributed by atoms with van der Waals surface area (Å²) in [6.07, 6.45) is 5.70. The molecule has 1 aliphatic rings. The lowest BCUT2D eigenvalue weighted by atomic mass is 10.1. The Hall–Kier alpha value is -2.10. The summed E-state index contributed by atoms with van der Waals surface area (Å²) in [5.74, 6) is 0.159. The summed E-state index contributed by atoms with van der Waals surface area (Å²) in [5, 5.41) is 0. The van der Waals surface area contributed by atoms with Crippen molar-refractivity contribution in [1.82, 2.24) is 14.5 Å². The van der Waals surface area contributed by atoms with Gasteiger partial charge in [0.2, 0.25) is 0 Å². The van der Waals surface area contributed by atoms with E-state index in [0.29, 0.717) is 0 Å². The topological polar surface area (TPSA) is 38.1 Å². The SMILES string of the molecule is CCn1c(C)cc(C(=O)N2CCC[C@H]2c2ccncc2)c1C. The van der Waals surface area contributed by atoms with E-state index in [-0.39, 0.29) is 11.9 Å². The van der Waals surface area contributed by atoms with Crippen LogP contribution in [0.25, 0.3) is 0 Å². The second kappa shape index (κ2) is 5.95. The van der Waals surface area contributed by atoms with Crippen LogP contribution >= 0.6 is 0 Å². The molecule has 0 aromatic carbocycles. The van der Waals surface area contributed by atoms with Gasteiger partial charge in [-0.1, -0.05) is 0 Å². The molecule has 3 heterocycles. The maximum absolute atomic E-state index is 13.0. The molecule has 0 aliphatic carbocycles. The van der Waals surface area contributed by atoms with Crippen LogP contribution in [0.3, 0.4) is 0 Å². The molecule has 0 unspecified atom stereocenters. The quantitative estimate of drug-likeness (QED) is 0.869. The summed E-state index contributed by atoms with van der Waals surface area (Å²) in [7, 11) is 0. The molecular formula is C18H23N3O. The highest BCUT2D eigenvalue weighted by Crippen LogP contribution is 2.33. The van der Waals surface area contributed by atoms with Gasteiger partial charge in [0.25, 0.3) is 5.91 Å². The molecule has 116 valence electrons. The lowest BCUT2D eigenvalue weighted by molar-refractivity contribution is 0.0734. The molecule has 1 atom stereocenters. The molecule has 4 nitrogen and oxygen atoms in total. The van der Waals surface area contributed by atoms with E-state index in [2.05, 4.69) is 23.4 Å². The number of aromatic nitrogens is 2. The maximum atomic E-state index is 13.0. The summed E-state index contributed by atoms with van der Waals surface area (Å²) >= 11 is 0. The molecule has 1 amide bonds. The van der Waals surface area contributed by atoms with Gasteiger partial charge in [0, 0.05) is 36.9 Å². The lowest BCUT2D eigenvalue weighted by Crippen LogP contribution is -2.30. The third kappa shape index (κ3) is 2.43. The van der Waals surface area contributed by atoms with Crippen molar-refractivity contribution in [3.63, 3.8) is 0 Å². The average molecular weight is 297 g/mol. The Morgan fingerprint density at radius 1 is 1.32 bits per heavy atom. The zero-order valence-electron chi connectivity index (χ0n) is 13.5. The van der Waals surface area contributed by atoms with Crippen LogP contribution in [-0.2, 0) is 6.54 Å². The van der Waals surface area contributed by atoms with E-state index in [4.69, 9.17) is 0 Å². The van der Waals surface area contributed by atoms with Crippen LogP contribution < -0.4 is 0 Å². The minimum atomic E-state index is 0.159. The smallest absolute Gasteiger partial charge is 0.256 e. The van der Waals surface area contributed by atoms with Gasteiger partial charge in [0.15, 0.2) is 0 Å². The standard InChI is InChI=1S/C18H23N3O/c1-4-20-13(2)12-16(14(20)3)18(22)21-11-5-6-17(21)15-7-9-19-10-8-15/h7-10,12,17H,4-6,11H2,1-3H3/t17-/m0/s1. The Labute approximate surface area is 131 Å². The Morgan fingerprint density at radius 2 is 2.05 bits per heavy atom. The van der Waals surface area contributed by atoms with Gasteiger partial charge in [-0.15, -0.1) is 0 Å². The number of rotatable bonds is 3. The van der Waals surface area contributed by atoms with Gasteiger partial charge in [0.05, 0.1) is 11.6 Å². The van der Waals surface area contributed by atoms with E-state index in [1.807, 2.05) is 30.0 Å². The van der Waals surface area contributed by atoms with E-state index >= 15 is 0 Å². The normalized spacial score (nSPS) is 18.0. The third-order valence-corrected chi connectivity index (χ3v) is 4.72. The van der Waals surface area contributed by atoms with E-state index < -0.39 is 0 Å². The number of likely N-dealkylation sites (tertiary alicyclic amines) is 1. The largest absolute Gasteiger partial charge is 0.349 e. The Balaban J connectivity index is 1.91. The van der Waals surface area contributed by atoms with Crippen molar-refractivity contribution in [2.45, 2.75) is 46.2 Å². The molecule has 3 rings (SSSR count). The van der Waals surface area contributed by atoms with Gasteiger partial charge in [-0.25, -0.2) is 0 Å². The molecule has 4 heteroatoms. The number of carbonyl (C=O) groups excluding carboxylic acids is 1. The first-order chi connectivity index (χ1) is 10.6. The fraction of sp³-hybridized carbons (Fsp3) is 0.444. The minimum Gasteiger partial charge on any atom is -0.349 e. The first-order valence-electron chi connectivity index (χ1n) is 8.01. The van der Waals surface area contributed by atoms with E-state index in [9.17, 15) is 4.79 Å². The number of hydrogen-bond donors (Lipinski definition) is 0. The van der Waals surface area contributed by atoms with Gasteiger partial charge < -0.3 is 9.47 Å². The number of aryl methyl sites for hydroxylation is 1. The van der Waals surface area contributed by atoms with E-state index in [0.717, 1.165) is 42.9 Å². The van der Waals surface area contributed by atoms with Crippen LogP contribution in [0.2, 0.25) is 0 Å². The van der Waals surface area contributed by atoms with Crippen LogP contribution in [0.5, 0.6) is 0 Å². The Morgan fingerprint density at radius 3 is 2.68 bits per heavy atom. The number of hydrogen-bond acceptors (Lipinski definition) is 2. The van der Waals surface area contributed by atoms with Crippen molar-refractivity contribution in [2.24, 2.45) is 0 Å². The molecular weight excluding hydrogens is 274 g/mol. The highest BCUT2D eigenvalue weighted by molar-refractivity contribution is 5.96. The molecule has 0 N–H and O–H groups in total. The van der Waals surface area contributed by atoms with Gasteiger partial charge in [-0.2, -0.15) is 0 Å². The fourth-order valence-electron chi connectivity index (χ4n) is 3.60. The maximum Gasteiger partial charge on any atom is 0.256 e. The van der Waals surface area contributed by atoms with Crippen LogP contribution in [0.4, 0.5) is 0 Å². The predicted octanol–water partition coefficient (Wildman–Crippen LogP) is 3.50. The van der Waals surface area contributed by atoms with Crippen LogP contribution in [0.1, 0.15) is 53.1 Å². The zero-order chi connectivity index (χ0) is 15.7. The van der Waals surface area contributed by atoms with E-state index in [1.54, 1.807) is 12.4 Å². The van der Waals surface area contributed by atoms with Crippen molar-refractivity contribution < 1.29 is 4.79 Å². The molecule has 0 saturated carbocycles. The lowest BCUT2D eigenvalue weighted by Gasteiger charge is -2.25. The van der Waals surface area contributed by atoms with E-state index in [1.165, 1.54) is 5.56 Å². The molecule has 22 heavy (non-hydrogen) atoms. The van der Waals surface area contributed by atoms with Crippen molar-refractivity contribution in [2.75, 3.05) is 6.54 Å². The van der Waals surface area contributed by atoms with Gasteiger partial charge in [-0.3, -0.25) is 9.78 Å². The molecule has 2 aromatic rings. The molecule has 1 fully saturated rings. The third-order valence-electron chi connectivity index (χ3n) is 4.72. The highest BCUT2D eigenvalue weighted by Gasteiger charge is 2.32. The van der Waals surface area contributed by atoms with Crippen molar-refractivity contribution in [1.29, 1.82) is 0 Å². The number of amides is 1. The molecule has 0 radical (unpaired) electrons. The minimum absolute atomic E-state index is 0.159. The van der Waals surface area contributed by atoms with Crippen LogP contribution in [0.15, 0.2) is 30.6 Å². The summed E-state index contributed by atoms with van der Waals surface area (Å²) < 4.78 is 2.20. The monoisotopic (exact) mass is 297 g/mol. The van der Waals surface area contributed by atoms with Gasteiger partial charge in [-0.05, 0) is 57.4 Å². The van der Waals surface area contributed by atoms with Crippen molar-refractivity contribution in [3.8, 4) is 0 Å². The van der Waals surface area contributed by atoms with Crippen LogP contribution in [0, 0.1) is 13.8 Å². The van der Waals surface area contributed by atoms with Crippen molar-refractivity contribution >= 4 is 5.91 Å². The fourth-order valence-corrected chi connectivity index (χ4v) is 3.60. The molecule has 0 bridgehead atoms. The highest BCUT2D eigenvalue weighted by atomic mass is 16.2. The summed E-state index contributed by atoms with van der Waals surface area (Å²) in [4.78, 5) is 19.1. The summed E-state index contributed by atoms with van der Waals surface area (Å²) in [6.45, 7) is 7.96.